The first-order valence-corrected chi connectivity index (χ1v) is 11.8. The zero-order valence-electron chi connectivity index (χ0n) is 18.8. The summed E-state index contributed by atoms with van der Waals surface area (Å²) < 4.78 is 16.0. The van der Waals surface area contributed by atoms with Crippen molar-refractivity contribution in [2.24, 2.45) is 0 Å². The van der Waals surface area contributed by atoms with Crippen molar-refractivity contribution in [2.75, 3.05) is 19.5 Å². The first-order chi connectivity index (χ1) is 16.3. The van der Waals surface area contributed by atoms with Crippen molar-refractivity contribution in [3.05, 3.63) is 60.2 Å². The van der Waals surface area contributed by atoms with Gasteiger partial charge in [-0.05, 0) is 36.8 Å². The molecule has 9 nitrogen and oxygen atoms in total. The van der Waals surface area contributed by atoms with E-state index in [0.717, 1.165) is 5.56 Å². The SMILES string of the molecule is COc1ccc(COC(=O)C2N3C(=O)C(NC(=O)COc4ccccc4)[C@H]3SCC2(C)O)cc1. The molecule has 34 heavy (non-hydrogen) atoms. The van der Waals surface area contributed by atoms with Crippen LogP contribution in [0.1, 0.15) is 12.5 Å². The predicted molar refractivity (Wildman–Crippen MR) is 124 cm³/mol. The molecular formula is C24H26N2O7S. The molecule has 2 amide bonds. The highest BCUT2D eigenvalue weighted by molar-refractivity contribution is 8.00. The molecule has 0 saturated carbocycles. The van der Waals surface area contributed by atoms with Crippen molar-refractivity contribution in [1.29, 1.82) is 0 Å². The lowest BCUT2D eigenvalue weighted by Gasteiger charge is -2.56. The van der Waals surface area contributed by atoms with E-state index in [9.17, 15) is 19.5 Å². The standard InChI is InChI=1S/C24H26N2O7S/c1-24(30)14-34-22-19(25-18(27)13-32-17-6-4-3-5-7-17)21(28)26(22)20(24)23(29)33-12-15-8-10-16(31-2)11-9-15/h3-11,19-20,22,30H,12-14H2,1-2H3,(H,25,27)/t19?,20?,22-,24?/m1/s1. The fraction of sp³-hybridized carbons (Fsp3) is 0.375. The average molecular weight is 487 g/mol. The molecular weight excluding hydrogens is 460 g/mol. The van der Waals surface area contributed by atoms with Gasteiger partial charge in [-0.2, -0.15) is 0 Å². The Kier molecular flexibility index (Phi) is 6.99. The van der Waals surface area contributed by atoms with Gasteiger partial charge in [-0.1, -0.05) is 30.3 Å². The lowest BCUT2D eigenvalue weighted by atomic mass is 9.91. The molecule has 4 atom stereocenters. The van der Waals surface area contributed by atoms with Gasteiger partial charge < -0.3 is 29.5 Å². The molecule has 2 saturated heterocycles. The Labute approximate surface area is 201 Å². The van der Waals surface area contributed by atoms with Gasteiger partial charge in [-0.15, -0.1) is 11.8 Å². The molecule has 0 aromatic heterocycles. The second-order valence-electron chi connectivity index (χ2n) is 8.31. The van der Waals surface area contributed by atoms with Crippen LogP contribution < -0.4 is 14.8 Å². The van der Waals surface area contributed by atoms with E-state index in [0.29, 0.717) is 11.5 Å². The number of carbonyl (C=O) groups is 3. The number of hydrogen-bond acceptors (Lipinski definition) is 8. The number of nitrogens with zero attached hydrogens (tertiary/aromatic N) is 1. The number of methoxy groups -OCH3 is 1. The molecule has 2 N–H and O–H groups in total. The van der Waals surface area contributed by atoms with Crippen molar-refractivity contribution in [3.63, 3.8) is 0 Å². The summed E-state index contributed by atoms with van der Waals surface area (Å²) in [5.74, 6) is -0.163. The number of benzene rings is 2. The van der Waals surface area contributed by atoms with Crippen LogP contribution in [0.15, 0.2) is 54.6 Å². The number of amides is 2. The molecule has 0 bridgehead atoms. The van der Waals surface area contributed by atoms with Crippen LogP contribution in [0.5, 0.6) is 11.5 Å². The van der Waals surface area contributed by atoms with E-state index in [2.05, 4.69) is 5.32 Å². The minimum Gasteiger partial charge on any atom is -0.497 e. The number of nitrogens with one attached hydrogen (secondary N) is 1. The van der Waals surface area contributed by atoms with Gasteiger partial charge in [-0.3, -0.25) is 9.59 Å². The predicted octanol–water partition coefficient (Wildman–Crippen LogP) is 1.34. The van der Waals surface area contributed by atoms with Crippen molar-refractivity contribution < 1.29 is 33.7 Å². The minimum atomic E-state index is -1.47. The lowest BCUT2D eigenvalue weighted by molar-refractivity contribution is -0.178. The van der Waals surface area contributed by atoms with Gasteiger partial charge in [0, 0.05) is 5.75 Å². The Bertz CT molecular complexity index is 1050. The molecule has 4 rings (SSSR count). The lowest BCUT2D eigenvalue weighted by Crippen LogP contribution is -2.79. The molecule has 2 aromatic carbocycles. The maximum Gasteiger partial charge on any atom is 0.332 e. The fourth-order valence-electron chi connectivity index (χ4n) is 3.91. The summed E-state index contributed by atoms with van der Waals surface area (Å²) in [6, 6.07) is 13.9. The quantitative estimate of drug-likeness (QED) is 0.425. The Morgan fingerprint density at radius 1 is 1.15 bits per heavy atom. The van der Waals surface area contributed by atoms with Gasteiger partial charge in [0.05, 0.1) is 7.11 Å². The number of carbonyl (C=O) groups excluding carboxylic acids is 3. The van der Waals surface area contributed by atoms with Gasteiger partial charge in [0.1, 0.15) is 35.1 Å². The Morgan fingerprint density at radius 3 is 2.53 bits per heavy atom. The van der Waals surface area contributed by atoms with E-state index in [1.807, 2.05) is 6.07 Å². The van der Waals surface area contributed by atoms with Gasteiger partial charge in [0.25, 0.3) is 5.91 Å². The molecule has 0 radical (unpaired) electrons. The fourth-order valence-corrected chi connectivity index (χ4v) is 5.34. The number of thioether (sulfide) groups is 1. The van der Waals surface area contributed by atoms with Crippen LogP contribution in [0.25, 0.3) is 0 Å². The second kappa shape index (κ2) is 9.94. The van der Waals surface area contributed by atoms with E-state index in [4.69, 9.17) is 14.2 Å². The number of ether oxygens (including phenoxy) is 3. The number of esters is 1. The third kappa shape index (κ3) is 4.97. The minimum absolute atomic E-state index is 0.00770. The maximum atomic E-state index is 12.9. The van der Waals surface area contributed by atoms with Gasteiger partial charge in [0.2, 0.25) is 5.91 Å². The molecule has 180 valence electrons. The molecule has 2 aromatic rings. The number of aliphatic hydroxyl groups is 1. The van der Waals surface area contributed by atoms with E-state index in [-0.39, 0.29) is 19.0 Å². The Morgan fingerprint density at radius 2 is 1.85 bits per heavy atom. The van der Waals surface area contributed by atoms with Crippen LogP contribution in [-0.4, -0.2) is 70.3 Å². The number of β-lactam (4-membered cyclic amide) rings is 1. The highest BCUT2D eigenvalue weighted by Crippen LogP contribution is 2.42. The summed E-state index contributed by atoms with van der Waals surface area (Å²) in [6.45, 7) is 1.25. The molecule has 2 fully saturated rings. The monoisotopic (exact) mass is 486 g/mol. The summed E-state index contributed by atoms with van der Waals surface area (Å²) >= 11 is 1.31. The van der Waals surface area contributed by atoms with Gasteiger partial charge >= 0.3 is 5.97 Å². The first kappa shape index (κ1) is 23.9. The molecule has 0 aliphatic carbocycles. The van der Waals surface area contributed by atoms with Crippen molar-refractivity contribution in [1.82, 2.24) is 10.2 Å². The maximum absolute atomic E-state index is 12.9. The smallest absolute Gasteiger partial charge is 0.332 e. The normalized spacial score (nSPS) is 25.6. The van der Waals surface area contributed by atoms with Crippen molar-refractivity contribution in [3.8, 4) is 11.5 Å². The summed E-state index contributed by atoms with van der Waals surface area (Å²) in [6.07, 6.45) is 0. The summed E-state index contributed by atoms with van der Waals surface area (Å²) in [4.78, 5) is 39.4. The Balaban J connectivity index is 1.35. The van der Waals surface area contributed by atoms with Crippen LogP contribution in [0.3, 0.4) is 0 Å². The molecule has 2 heterocycles. The average Bonchev–Trinajstić information content (AvgIpc) is 2.85. The molecule has 3 unspecified atom stereocenters. The van der Waals surface area contributed by atoms with Crippen LogP contribution in [0, 0.1) is 0 Å². The van der Waals surface area contributed by atoms with Crippen LogP contribution in [0.2, 0.25) is 0 Å². The topological polar surface area (TPSA) is 114 Å². The second-order valence-corrected chi connectivity index (χ2v) is 9.41. The molecule has 2 aliphatic heterocycles. The van der Waals surface area contributed by atoms with Crippen LogP contribution >= 0.6 is 11.8 Å². The Hall–Kier alpha value is -3.24. The summed E-state index contributed by atoms with van der Waals surface area (Å²) in [5.41, 5.74) is -0.729. The third-order valence-corrected chi connectivity index (χ3v) is 7.28. The summed E-state index contributed by atoms with van der Waals surface area (Å²) in [7, 11) is 1.56. The molecule has 0 spiro atoms. The van der Waals surface area contributed by atoms with E-state index >= 15 is 0 Å². The van der Waals surface area contributed by atoms with Crippen LogP contribution in [-0.2, 0) is 25.7 Å². The van der Waals surface area contributed by atoms with E-state index < -0.39 is 40.8 Å². The summed E-state index contributed by atoms with van der Waals surface area (Å²) in [5, 5.41) is 13.0. The molecule has 2 aliphatic rings. The number of para-hydroxylation sites is 1. The highest BCUT2D eigenvalue weighted by Gasteiger charge is 2.61. The van der Waals surface area contributed by atoms with Crippen molar-refractivity contribution >= 4 is 29.5 Å². The van der Waals surface area contributed by atoms with E-state index in [1.165, 1.54) is 23.6 Å². The molecule has 10 heteroatoms. The number of rotatable bonds is 8. The number of hydrogen-bond donors (Lipinski definition) is 2. The zero-order valence-corrected chi connectivity index (χ0v) is 19.6. The first-order valence-electron chi connectivity index (χ1n) is 10.7. The van der Waals surface area contributed by atoms with Crippen molar-refractivity contribution in [2.45, 2.75) is 36.6 Å². The van der Waals surface area contributed by atoms with E-state index in [1.54, 1.807) is 55.6 Å². The zero-order chi connectivity index (χ0) is 24.3. The third-order valence-electron chi connectivity index (χ3n) is 5.69. The van der Waals surface area contributed by atoms with Gasteiger partial charge in [0.15, 0.2) is 12.6 Å². The van der Waals surface area contributed by atoms with Crippen LogP contribution in [0.4, 0.5) is 0 Å². The van der Waals surface area contributed by atoms with Gasteiger partial charge in [-0.25, -0.2) is 4.79 Å². The largest absolute Gasteiger partial charge is 0.497 e. The highest BCUT2D eigenvalue weighted by atomic mass is 32.2. The number of fused-ring (bicyclic) bond motifs is 1.